The van der Waals surface area contributed by atoms with Crippen molar-refractivity contribution in [3.8, 4) is 0 Å². The molecule has 4 heteroatoms. The molecule has 2 aromatic heterocycles. The van der Waals surface area contributed by atoms with E-state index in [1.165, 1.54) is 398 Å². The van der Waals surface area contributed by atoms with Crippen molar-refractivity contribution in [2.75, 3.05) is 0 Å². The lowest BCUT2D eigenvalue weighted by molar-refractivity contribution is -0.708. The van der Waals surface area contributed by atoms with E-state index in [9.17, 15) is 0 Å². The Balaban J connectivity index is 0.0000414. The second-order valence-electron chi connectivity index (χ2n) is 28.7. The Morgan fingerprint density at radius 1 is 0.217 bits per heavy atom. The summed E-state index contributed by atoms with van der Waals surface area (Å²) in [6.45, 7) is 11.5. The number of rotatable bonds is 71. The van der Waals surface area contributed by atoms with Gasteiger partial charge in [-0.3, -0.25) is 0 Å². The summed E-state index contributed by atoms with van der Waals surface area (Å²) in [6, 6.07) is 10.0. The molecule has 0 N–H and O–H groups in total. The maximum absolute atomic E-state index is 2.50. The maximum atomic E-state index is 2.50. The molecule has 2 nitrogen and oxygen atoms in total. The molecule has 0 unspecified atom stereocenters. The van der Waals surface area contributed by atoms with E-state index in [1.807, 2.05) is 0 Å². The van der Waals surface area contributed by atoms with Crippen LogP contribution in [-0.2, 0) is 13.1 Å². The quantitative estimate of drug-likeness (QED) is 0.0354. The van der Waals surface area contributed by atoms with Crippen molar-refractivity contribution >= 4 is 0 Å². The first-order valence-electron chi connectivity index (χ1n) is 41.3. The highest BCUT2D eigenvalue weighted by Gasteiger charge is 2.16. The minimum atomic E-state index is 0. The van der Waals surface area contributed by atoms with Gasteiger partial charge in [0.2, 0.25) is 0 Å². The normalized spacial score (nSPS) is 11.9. The van der Waals surface area contributed by atoms with Gasteiger partial charge in [0.05, 0.1) is 0 Å². The van der Waals surface area contributed by atoms with Crippen molar-refractivity contribution in [3.05, 3.63) is 109 Å². The molecule has 0 aliphatic heterocycles. The van der Waals surface area contributed by atoms with Gasteiger partial charge in [0.25, 0.3) is 0 Å². The fraction of sp³-hybridized carbons (Fsp3) is 0.795. The number of aromatic nitrogens is 2. The molecular weight excluding hydrogens is 1160 g/mol. The molecule has 0 saturated carbocycles. The highest BCUT2D eigenvalue weighted by atomic mass is 35.5. The van der Waals surface area contributed by atoms with Gasteiger partial charge in [0, 0.05) is 37.1 Å². The molecule has 0 bridgehead atoms. The van der Waals surface area contributed by atoms with Crippen molar-refractivity contribution in [2.24, 2.45) is 0 Å². The minimum absolute atomic E-state index is 0. The highest BCUT2D eigenvalue weighted by molar-refractivity contribution is 5.15. The van der Waals surface area contributed by atoms with Crippen LogP contribution in [0.1, 0.15) is 449 Å². The smallest absolute Gasteiger partial charge is 0.169 e. The van der Waals surface area contributed by atoms with Gasteiger partial charge in [-0.15, -0.1) is 0 Å². The molecule has 2 aromatic rings. The van der Waals surface area contributed by atoms with E-state index in [4.69, 9.17) is 0 Å². The zero-order valence-corrected chi connectivity index (χ0v) is 63.8. The van der Waals surface area contributed by atoms with Crippen LogP contribution in [0.2, 0.25) is 0 Å². The highest BCUT2D eigenvalue weighted by Crippen LogP contribution is 2.30. The van der Waals surface area contributed by atoms with Gasteiger partial charge < -0.3 is 24.8 Å². The van der Waals surface area contributed by atoms with Gasteiger partial charge in [0.1, 0.15) is 13.1 Å². The third-order valence-electron chi connectivity index (χ3n) is 20.1. The molecule has 92 heavy (non-hydrogen) atoms. The molecule has 0 aliphatic carbocycles. The summed E-state index contributed by atoms with van der Waals surface area (Å²) in [5.74, 6) is 1.43. The summed E-state index contributed by atoms with van der Waals surface area (Å²) in [5, 5.41) is 0. The number of allylic oxidation sites excluding steroid dienone is 8. The van der Waals surface area contributed by atoms with Crippen molar-refractivity contribution in [1.82, 2.24) is 0 Å². The van der Waals surface area contributed by atoms with Crippen LogP contribution in [0.4, 0.5) is 0 Å². The molecule has 2 heterocycles. The standard InChI is InChI=1S/C88H158N2.2ClH/c1-5-9-13-17-21-25-29-33-37-41-45-49-53-57-61-65-71-85(72-66-62-58-54-50-46-42-38-34-30-26-22-18-14-10-6-2)87-75-81-89(82-76-87)79-69-70-80-90-83-77-88(78-84-90)86(73-67-63-59-55-51-47-43-39-35-31-27-23-19-15-11-7-3)74-68-64-60-56-52-48-44-40-36-32-28-24-20-16-12-8-4;;/h33-40,75-78,81-86H,5-32,41-74,79-80H2,1-4H3;2*1H/q+2;;/p-2/b37-33+,38-34+,39-35+,40-36+;;. The second kappa shape index (κ2) is 74.6. The van der Waals surface area contributed by atoms with E-state index >= 15 is 0 Å². The summed E-state index contributed by atoms with van der Waals surface area (Å²) in [4.78, 5) is 0. The average Bonchev–Trinajstić information content (AvgIpc) is 2.59. The van der Waals surface area contributed by atoms with Crippen LogP contribution in [0, 0.1) is 0 Å². The van der Waals surface area contributed by atoms with E-state index in [0.29, 0.717) is 11.8 Å². The van der Waals surface area contributed by atoms with Crippen molar-refractivity contribution < 1.29 is 33.9 Å². The molecule has 0 aliphatic rings. The van der Waals surface area contributed by atoms with Crippen molar-refractivity contribution in [2.45, 2.75) is 451 Å². The topological polar surface area (TPSA) is 7.76 Å². The van der Waals surface area contributed by atoms with Crippen LogP contribution in [0.15, 0.2) is 97.7 Å². The van der Waals surface area contributed by atoms with E-state index in [-0.39, 0.29) is 24.8 Å². The number of aryl methyl sites for hydroxylation is 2. The van der Waals surface area contributed by atoms with Crippen LogP contribution in [0.3, 0.4) is 0 Å². The fourth-order valence-electron chi connectivity index (χ4n) is 13.9. The minimum Gasteiger partial charge on any atom is -1.00 e. The Hall–Kier alpha value is -2.16. The summed E-state index contributed by atoms with van der Waals surface area (Å²) < 4.78 is 4.94. The lowest BCUT2D eigenvalue weighted by atomic mass is 9.88. The zero-order valence-electron chi connectivity index (χ0n) is 62.3. The molecule has 0 spiro atoms. The zero-order chi connectivity index (χ0) is 64.0. The van der Waals surface area contributed by atoms with Gasteiger partial charge in [-0.1, -0.05) is 333 Å². The van der Waals surface area contributed by atoms with Crippen LogP contribution >= 0.6 is 0 Å². The third-order valence-corrected chi connectivity index (χ3v) is 20.1. The molecule has 0 saturated heterocycles. The Kier molecular flexibility index (Phi) is 72.9. The van der Waals surface area contributed by atoms with Gasteiger partial charge >= 0.3 is 0 Å². The largest absolute Gasteiger partial charge is 1.00 e. The Morgan fingerprint density at radius 3 is 0.565 bits per heavy atom. The van der Waals surface area contributed by atoms with E-state index in [1.54, 1.807) is 11.1 Å². The second-order valence-corrected chi connectivity index (χ2v) is 28.7. The fourth-order valence-corrected chi connectivity index (χ4v) is 13.9. The Bertz CT molecular complexity index is 1610. The summed E-state index contributed by atoms with van der Waals surface area (Å²) >= 11 is 0. The lowest BCUT2D eigenvalue weighted by Crippen LogP contribution is -3.00. The number of hydrogen-bond acceptors (Lipinski definition) is 0. The number of hydrogen-bond donors (Lipinski definition) is 0. The van der Waals surface area contributed by atoms with Crippen LogP contribution in [0.25, 0.3) is 0 Å². The van der Waals surface area contributed by atoms with Gasteiger partial charge in [-0.25, -0.2) is 9.13 Å². The van der Waals surface area contributed by atoms with E-state index in [0.717, 1.165) is 13.1 Å². The number of nitrogens with zero attached hydrogens (tertiary/aromatic N) is 2. The van der Waals surface area contributed by atoms with Crippen molar-refractivity contribution in [3.63, 3.8) is 0 Å². The first-order chi connectivity index (χ1) is 44.7. The van der Waals surface area contributed by atoms with Gasteiger partial charge in [-0.05, 0) is 151 Å². The predicted molar refractivity (Wildman–Crippen MR) is 404 cm³/mol. The number of pyridine rings is 2. The maximum Gasteiger partial charge on any atom is 0.169 e. The monoisotopic (exact) mass is 1310 g/mol. The number of unbranched alkanes of at least 4 members (excludes halogenated alkanes) is 49. The first kappa shape index (κ1) is 89.8. The Morgan fingerprint density at radius 2 is 0.380 bits per heavy atom. The lowest BCUT2D eigenvalue weighted by Gasteiger charge is -2.17. The molecular formula is C88H158Cl2N2. The number of halogens is 2. The van der Waals surface area contributed by atoms with E-state index in [2.05, 4.69) is 134 Å². The SMILES string of the molecule is CCCCCCCC/C=C/CCCCCCCCC(CCCCCCCC/C=C/CCCCCCCC)c1cc[n+](CCCC[n+]2ccc(C(CCCCCCCC/C=C/CCCCCCCC)CCCCCCCC/C=C/CCCCCCCC)cc2)cc1.[Cl-].[Cl-]. The van der Waals surface area contributed by atoms with E-state index < -0.39 is 0 Å². The molecule has 0 atom stereocenters. The third kappa shape index (κ3) is 60.3. The molecule has 2 rings (SSSR count). The average molecular weight is 1320 g/mol. The van der Waals surface area contributed by atoms with Crippen LogP contribution in [-0.4, -0.2) is 0 Å². The molecule has 0 aromatic carbocycles. The Labute approximate surface area is 589 Å². The molecule has 0 fully saturated rings. The van der Waals surface area contributed by atoms with Crippen molar-refractivity contribution in [1.29, 1.82) is 0 Å². The molecule has 0 radical (unpaired) electrons. The van der Waals surface area contributed by atoms with Gasteiger partial charge in [0.15, 0.2) is 24.8 Å². The molecule has 0 amide bonds. The summed E-state index contributed by atoms with van der Waals surface area (Å²) in [6.07, 6.45) is 115. The molecule has 534 valence electrons. The van der Waals surface area contributed by atoms with Crippen LogP contribution in [0.5, 0.6) is 0 Å². The van der Waals surface area contributed by atoms with Gasteiger partial charge in [-0.2, -0.15) is 0 Å². The summed E-state index contributed by atoms with van der Waals surface area (Å²) in [7, 11) is 0. The van der Waals surface area contributed by atoms with Crippen LogP contribution < -0.4 is 33.9 Å². The predicted octanol–water partition coefficient (Wildman–Crippen LogP) is 23.6. The summed E-state index contributed by atoms with van der Waals surface area (Å²) in [5.41, 5.74) is 3.20. The first-order valence-corrected chi connectivity index (χ1v) is 41.3.